The van der Waals surface area contributed by atoms with Gasteiger partial charge in [0.2, 0.25) is 10.0 Å². The van der Waals surface area contributed by atoms with Gasteiger partial charge in [0.15, 0.2) is 0 Å². The van der Waals surface area contributed by atoms with Gasteiger partial charge in [0.1, 0.15) is 5.75 Å². The van der Waals surface area contributed by atoms with Gasteiger partial charge < -0.3 is 4.74 Å². The van der Waals surface area contributed by atoms with Crippen molar-refractivity contribution in [3.63, 3.8) is 0 Å². The quantitative estimate of drug-likeness (QED) is 0.810. The molecule has 4 nitrogen and oxygen atoms in total. The Labute approximate surface area is 148 Å². The van der Waals surface area contributed by atoms with E-state index in [0.29, 0.717) is 11.8 Å². The van der Waals surface area contributed by atoms with Crippen molar-refractivity contribution in [1.29, 1.82) is 0 Å². The summed E-state index contributed by atoms with van der Waals surface area (Å²) >= 11 is 5.56. The zero-order valence-corrected chi connectivity index (χ0v) is 14.7. The number of benzene rings is 2. The van der Waals surface area contributed by atoms with Crippen LogP contribution in [-0.4, -0.2) is 22.1 Å². The molecule has 136 valence electrons. The third-order valence-corrected chi connectivity index (χ3v) is 5.17. The minimum Gasteiger partial charge on any atom is -0.496 e. The largest absolute Gasteiger partial charge is 0.496 e. The minimum absolute atomic E-state index is 0.0807. The number of nitrogens with one attached hydrogen (secondary N) is 1. The highest BCUT2D eigenvalue weighted by Gasteiger charge is 2.37. The highest BCUT2D eigenvalue weighted by Crippen LogP contribution is 2.35. The van der Waals surface area contributed by atoms with Gasteiger partial charge in [0, 0.05) is 11.6 Å². The van der Waals surface area contributed by atoms with Crippen LogP contribution < -0.4 is 9.46 Å². The minimum atomic E-state index is -4.84. The fourth-order valence-corrected chi connectivity index (χ4v) is 3.68. The summed E-state index contributed by atoms with van der Waals surface area (Å²) in [6.07, 6.45) is -4.57. The molecule has 25 heavy (non-hydrogen) atoms. The maximum atomic E-state index is 13.1. The molecule has 0 aliphatic heterocycles. The maximum absolute atomic E-state index is 13.1. The lowest BCUT2D eigenvalue weighted by Gasteiger charge is -2.14. The molecule has 0 amide bonds. The van der Waals surface area contributed by atoms with Crippen molar-refractivity contribution in [1.82, 2.24) is 4.72 Å². The molecular weight excluding hydrogens is 379 g/mol. The molecule has 2 rings (SSSR count). The summed E-state index contributed by atoms with van der Waals surface area (Å²) in [5, 5.41) is -0.194. The van der Waals surface area contributed by atoms with Gasteiger partial charge in [-0.3, -0.25) is 0 Å². The molecule has 0 atom stereocenters. The molecule has 0 bridgehead atoms. The van der Waals surface area contributed by atoms with Crippen LogP contribution >= 0.6 is 11.6 Å². The van der Waals surface area contributed by atoms with E-state index in [-0.39, 0.29) is 18.0 Å². The lowest BCUT2D eigenvalue weighted by atomic mass is 10.1. The van der Waals surface area contributed by atoms with E-state index < -0.39 is 26.7 Å². The summed E-state index contributed by atoms with van der Waals surface area (Å²) in [7, 11) is -2.87. The molecular formula is C16H15ClF3NO3S. The Morgan fingerprint density at radius 3 is 2.48 bits per heavy atom. The van der Waals surface area contributed by atoms with Crippen LogP contribution in [0.25, 0.3) is 0 Å². The number of sulfonamides is 1. The highest BCUT2D eigenvalue weighted by molar-refractivity contribution is 7.89. The van der Waals surface area contributed by atoms with Crippen molar-refractivity contribution in [3.05, 3.63) is 58.6 Å². The fraction of sp³-hybridized carbons (Fsp3) is 0.250. The van der Waals surface area contributed by atoms with Crippen LogP contribution in [0.15, 0.2) is 47.4 Å². The molecule has 9 heteroatoms. The summed E-state index contributed by atoms with van der Waals surface area (Å²) < 4.78 is 71.1. The fourth-order valence-electron chi connectivity index (χ4n) is 2.27. The van der Waals surface area contributed by atoms with E-state index in [1.807, 2.05) is 0 Å². The number of ether oxygens (including phenoxy) is 1. The van der Waals surface area contributed by atoms with E-state index in [4.69, 9.17) is 16.3 Å². The van der Waals surface area contributed by atoms with Gasteiger partial charge >= 0.3 is 6.18 Å². The molecule has 0 unspecified atom stereocenters. The van der Waals surface area contributed by atoms with Gasteiger partial charge in [-0.1, -0.05) is 29.8 Å². The first kappa shape index (κ1) is 19.6. The van der Waals surface area contributed by atoms with Gasteiger partial charge in [0.25, 0.3) is 0 Å². The SMILES string of the molecule is COc1ccccc1CCNS(=O)(=O)c1ccc(Cl)cc1C(F)(F)F. The molecule has 0 saturated carbocycles. The van der Waals surface area contributed by atoms with E-state index in [0.717, 1.165) is 17.7 Å². The number of halogens is 4. The van der Waals surface area contributed by atoms with E-state index >= 15 is 0 Å². The molecule has 0 spiro atoms. The van der Waals surface area contributed by atoms with Crippen LogP contribution in [0.2, 0.25) is 5.02 Å². The summed E-state index contributed by atoms with van der Waals surface area (Å²) in [4.78, 5) is -0.857. The van der Waals surface area contributed by atoms with Crippen molar-refractivity contribution >= 4 is 21.6 Å². The number of para-hydroxylation sites is 1. The molecule has 0 aliphatic rings. The topological polar surface area (TPSA) is 55.4 Å². The van der Waals surface area contributed by atoms with Crippen LogP contribution in [0.5, 0.6) is 5.75 Å². The van der Waals surface area contributed by atoms with Gasteiger partial charge in [-0.05, 0) is 36.2 Å². The summed E-state index contributed by atoms with van der Waals surface area (Å²) in [6, 6.07) is 9.52. The Bertz CT molecular complexity index is 854. The predicted octanol–water partition coefficient (Wildman–Crippen LogP) is 3.89. The van der Waals surface area contributed by atoms with Crippen molar-refractivity contribution in [2.45, 2.75) is 17.5 Å². The predicted molar refractivity (Wildman–Crippen MR) is 88.3 cm³/mol. The molecule has 0 radical (unpaired) electrons. The molecule has 0 saturated heterocycles. The Balaban J connectivity index is 2.20. The zero-order chi connectivity index (χ0) is 18.7. The lowest BCUT2D eigenvalue weighted by Crippen LogP contribution is -2.28. The second-order valence-electron chi connectivity index (χ2n) is 5.10. The van der Waals surface area contributed by atoms with Crippen molar-refractivity contribution < 1.29 is 26.3 Å². The highest BCUT2D eigenvalue weighted by atomic mass is 35.5. The van der Waals surface area contributed by atoms with Gasteiger partial charge in [0.05, 0.1) is 17.6 Å². The van der Waals surface area contributed by atoms with E-state index in [1.54, 1.807) is 24.3 Å². The number of methoxy groups -OCH3 is 1. The van der Waals surface area contributed by atoms with Crippen molar-refractivity contribution in [2.75, 3.05) is 13.7 Å². The van der Waals surface area contributed by atoms with Gasteiger partial charge in [-0.15, -0.1) is 0 Å². The second kappa shape index (κ2) is 7.63. The molecule has 0 fully saturated rings. The number of alkyl halides is 3. The number of hydrogen-bond donors (Lipinski definition) is 1. The first-order valence-corrected chi connectivity index (χ1v) is 8.99. The normalized spacial score (nSPS) is 12.2. The first-order valence-electron chi connectivity index (χ1n) is 7.13. The molecule has 2 aromatic rings. The molecule has 2 aromatic carbocycles. The number of hydrogen-bond acceptors (Lipinski definition) is 3. The van der Waals surface area contributed by atoms with Crippen LogP contribution in [0.4, 0.5) is 13.2 Å². The summed E-state index contributed by atoms with van der Waals surface area (Å²) in [5.74, 6) is 0.573. The molecule has 1 N–H and O–H groups in total. The van der Waals surface area contributed by atoms with E-state index in [1.165, 1.54) is 7.11 Å². The third kappa shape index (κ3) is 4.87. The monoisotopic (exact) mass is 393 g/mol. The van der Waals surface area contributed by atoms with Crippen molar-refractivity contribution in [3.8, 4) is 5.75 Å². The molecule has 0 heterocycles. The Morgan fingerprint density at radius 1 is 1.16 bits per heavy atom. The number of rotatable bonds is 6. The first-order chi connectivity index (χ1) is 11.6. The van der Waals surface area contributed by atoms with Crippen LogP contribution in [0, 0.1) is 0 Å². The van der Waals surface area contributed by atoms with Crippen LogP contribution in [0.3, 0.4) is 0 Å². The molecule has 0 aliphatic carbocycles. The Hall–Kier alpha value is -1.77. The van der Waals surface area contributed by atoms with Gasteiger partial charge in [-0.2, -0.15) is 13.2 Å². The maximum Gasteiger partial charge on any atom is 0.417 e. The smallest absolute Gasteiger partial charge is 0.417 e. The lowest BCUT2D eigenvalue weighted by molar-refractivity contribution is -0.139. The zero-order valence-electron chi connectivity index (χ0n) is 13.1. The standard InChI is InChI=1S/C16H15ClF3NO3S/c1-24-14-5-3-2-4-11(14)8-9-21-25(22,23)15-7-6-12(17)10-13(15)16(18,19)20/h2-7,10,21H,8-9H2,1H3. The third-order valence-electron chi connectivity index (χ3n) is 3.42. The van der Waals surface area contributed by atoms with Crippen LogP contribution in [-0.2, 0) is 22.6 Å². The molecule has 0 aromatic heterocycles. The summed E-state index contributed by atoms with van der Waals surface area (Å²) in [6.45, 7) is -0.0807. The Morgan fingerprint density at radius 2 is 1.84 bits per heavy atom. The van der Waals surface area contributed by atoms with Crippen LogP contribution in [0.1, 0.15) is 11.1 Å². The average Bonchev–Trinajstić information content (AvgIpc) is 2.54. The van der Waals surface area contributed by atoms with E-state index in [9.17, 15) is 21.6 Å². The van der Waals surface area contributed by atoms with E-state index in [2.05, 4.69) is 4.72 Å². The van der Waals surface area contributed by atoms with Crippen molar-refractivity contribution in [2.24, 2.45) is 0 Å². The Kier molecular flexibility index (Phi) is 5.97. The summed E-state index contributed by atoms with van der Waals surface area (Å²) in [5.41, 5.74) is -0.565. The second-order valence-corrected chi connectivity index (χ2v) is 7.27. The van der Waals surface area contributed by atoms with Gasteiger partial charge in [-0.25, -0.2) is 13.1 Å². The average molecular weight is 394 g/mol.